The van der Waals surface area contributed by atoms with Crippen LogP contribution in [0.15, 0.2) is 53.4 Å². The molecule has 3 rings (SSSR count). The van der Waals surface area contributed by atoms with Crippen LogP contribution in [-0.2, 0) is 25.0 Å². The number of nitrogens with zero attached hydrogens (tertiary/aromatic N) is 2. The highest BCUT2D eigenvalue weighted by atomic mass is 32.2. The standard InChI is InChI=1S/C21H24N2O7S/c1-30-14-13-22(15-20(24)25)31(28,29)19-9-5-17(6-10-19)21(11-2-12-21)16-3-7-18(8-4-16)23(26)27/h3-10H,2,11-15H2,1H3,(H,24,25). The lowest BCUT2D eigenvalue weighted by atomic mass is 9.60. The number of ether oxygens (including phenoxy) is 1. The third kappa shape index (κ3) is 4.60. The molecule has 1 N–H and O–H groups in total. The monoisotopic (exact) mass is 448 g/mol. The Labute approximate surface area is 180 Å². The van der Waals surface area contributed by atoms with Crippen LogP contribution < -0.4 is 0 Å². The summed E-state index contributed by atoms with van der Waals surface area (Å²) in [5.41, 5.74) is 1.59. The van der Waals surface area contributed by atoms with Gasteiger partial charge >= 0.3 is 5.97 Å². The molecule has 0 aliphatic heterocycles. The summed E-state index contributed by atoms with van der Waals surface area (Å²) >= 11 is 0. The Bertz CT molecular complexity index is 1050. The van der Waals surface area contributed by atoms with Crippen molar-refractivity contribution in [3.63, 3.8) is 0 Å². The molecule has 2 aromatic carbocycles. The molecule has 0 aromatic heterocycles. The van der Waals surface area contributed by atoms with Crippen molar-refractivity contribution < 1.29 is 28.0 Å². The number of nitro groups is 1. The number of rotatable bonds is 10. The molecule has 0 spiro atoms. The van der Waals surface area contributed by atoms with E-state index in [2.05, 4.69) is 0 Å². The van der Waals surface area contributed by atoms with Crippen molar-refractivity contribution in [1.29, 1.82) is 0 Å². The SMILES string of the molecule is COCCN(CC(=O)O)S(=O)(=O)c1ccc(C2(c3ccc([N+](=O)[O-])cc3)CCC2)cc1. The summed E-state index contributed by atoms with van der Waals surface area (Å²) in [4.78, 5) is 21.6. The topological polar surface area (TPSA) is 127 Å². The molecule has 0 unspecified atom stereocenters. The molecule has 1 fully saturated rings. The average Bonchev–Trinajstić information content (AvgIpc) is 2.71. The quantitative estimate of drug-likeness (QED) is 0.437. The summed E-state index contributed by atoms with van der Waals surface area (Å²) < 4.78 is 31.6. The Hall–Kier alpha value is -2.82. The Balaban J connectivity index is 1.90. The van der Waals surface area contributed by atoms with Gasteiger partial charge in [-0.2, -0.15) is 4.31 Å². The van der Waals surface area contributed by atoms with Gasteiger partial charge in [0.2, 0.25) is 10.0 Å². The fourth-order valence-electron chi connectivity index (χ4n) is 3.90. The number of sulfonamides is 1. The van der Waals surface area contributed by atoms with Crippen LogP contribution in [0.25, 0.3) is 0 Å². The van der Waals surface area contributed by atoms with Gasteiger partial charge in [-0.1, -0.05) is 30.7 Å². The Morgan fingerprint density at radius 3 is 2.10 bits per heavy atom. The maximum absolute atomic E-state index is 12.9. The summed E-state index contributed by atoms with van der Waals surface area (Å²) in [7, 11) is -2.59. The molecule has 10 heteroatoms. The lowest BCUT2D eigenvalue weighted by Gasteiger charge is -2.43. The Morgan fingerprint density at radius 2 is 1.68 bits per heavy atom. The zero-order chi connectivity index (χ0) is 22.6. The maximum Gasteiger partial charge on any atom is 0.318 e. The number of carbonyl (C=O) groups is 1. The molecule has 0 bridgehead atoms. The van der Waals surface area contributed by atoms with Crippen LogP contribution in [0.2, 0.25) is 0 Å². The predicted octanol–water partition coefficient (Wildman–Crippen LogP) is 2.79. The minimum atomic E-state index is -4.00. The van der Waals surface area contributed by atoms with E-state index < -0.39 is 27.5 Å². The first-order valence-electron chi connectivity index (χ1n) is 9.77. The third-order valence-corrected chi connectivity index (χ3v) is 7.60. The van der Waals surface area contributed by atoms with Crippen LogP contribution >= 0.6 is 0 Å². The van der Waals surface area contributed by atoms with Crippen molar-refractivity contribution in [3.05, 3.63) is 69.8 Å². The smallest absolute Gasteiger partial charge is 0.318 e. The van der Waals surface area contributed by atoms with Crippen LogP contribution in [-0.4, -0.2) is 55.5 Å². The van der Waals surface area contributed by atoms with Gasteiger partial charge in [0, 0.05) is 31.2 Å². The van der Waals surface area contributed by atoms with Gasteiger partial charge in [0.15, 0.2) is 0 Å². The molecule has 0 saturated heterocycles. The number of hydrogen-bond acceptors (Lipinski definition) is 6. The molecule has 0 radical (unpaired) electrons. The second-order valence-corrected chi connectivity index (χ2v) is 9.43. The largest absolute Gasteiger partial charge is 0.480 e. The van der Waals surface area contributed by atoms with Crippen LogP contribution in [0, 0.1) is 10.1 Å². The van der Waals surface area contributed by atoms with Crippen LogP contribution in [0.5, 0.6) is 0 Å². The first-order valence-corrected chi connectivity index (χ1v) is 11.2. The number of aliphatic carboxylic acids is 1. The van der Waals surface area contributed by atoms with Crippen molar-refractivity contribution in [1.82, 2.24) is 4.31 Å². The van der Waals surface area contributed by atoms with Crippen molar-refractivity contribution in [3.8, 4) is 0 Å². The zero-order valence-corrected chi connectivity index (χ0v) is 17.9. The molecule has 0 heterocycles. The van der Waals surface area contributed by atoms with Crippen molar-refractivity contribution in [2.45, 2.75) is 29.6 Å². The van der Waals surface area contributed by atoms with Gasteiger partial charge in [-0.15, -0.1) is 0 Å². The highest BCUT2D eigenvalue weighted by molar-refractivity contribution is 7.89. The molecule has 166 valence electrons. The molecule has 2 aromatic rings. The van der Waals surface area contributed by atoms with Crippen LogP contribution in [0.3, 0.4) is 0 Å². The summed E-state index contributed by atoms with van der Waals surface area (Å²) in [5, 5.41) is 20.0. The summed E-state index contributed by atoms with van der Waals surface area (Å²) in [5.74, 6) is -1.25. The van der Waals surface area contributed by atoms with Gasteiger partial charge in [-0.3, -0.25) is 14.9 Å². The van der Waals surface area contributed by atoms with Gasteiger partial charge in [0.25, 0.3) is 5.69 Å². The summed E-state index contributed by atoms with van der Waals surface area (Å²) in [6, 6.07) is 12.9. The van der Waals surface area contributed by atoms with Gasteiger partial charge in [0.05, 0.1) is 16.4 Å². The molecule has 31 heavy (non-hydrogen) atoms. The first kappa shape index (κ1) is 22.9. The summed E-state index contributed by atoms with van der Waals surface area (Å²) in [6.07, 6.45) is 2.71. The minimum Gasteiger partial charge on any atom is -0.480 e. The Kier molecular flexibility index (Phi) is 6.73. The number of methoxy groups -OCH3 is 1. The second-order valence-electron chi connectivity index (χ2n) is 7.49. The van der Waals surface area contributed by atoms with E-state index in [9.17, 15) is 23.3 Å². The van der Waals surface area contributed by atoms with Crippen molar-refractivity contribution >= 4 is 21.7 Å². The lowest BCUT2D eigenvalue weighted by molar-refractivity contribution is -0.384. The summed E-state index contributed by atoms with van der Waals surface area (Å²) in [6.45, 7) is -0.645. The number of hydrogen-bond donors (Lipinski definition) is 1. The van der Waals surface area contributed by atoms with Crippen molar-refractivity contribution in [2.75, 3.05) is 26.8 Å². The lowest BCUT2D eigenvalue weighted by Crippen LogP contribution is -2.38. The van der Waals surface area contributed by atoms with Gasteiger partial charge < -0.3 is 9.84 Å². The molecular formula is C21H24N2O7S. The molecule has 9 nitrogen and oxygen atoms in total. The third-order valence-electron chi connectivity index (χ3n) is 5.74. The predicted molar refractivity (Wildman–Crippen MR) is 112 cm³/mol. The van der Waals surface area contributed by atoms with Crippen LogP contribution in [0.4, 0.5) is 5.69 Å². The number of carboxylic acids is 1. The van der Waals surface area contributed by atoms with Gasteiger partial charge in [0.1, 0.15) is 6.54 Å². The first-order chi connectivity index (χ1) is 14.7. The van der Waals surface area contributed by atoms with E-state index >= 15 is 0 Å². The Morgan fingerprint density at radius 1 is 1.13 bits per heavy atom. The molecule has 1 aliphatic carbocycles. The zero-order valence-electron chi connectivity index (χ0n) is 17.1. The molecular weight excluding hydrogens is 424 g/mol. The fraction of sp³-hybridized carbons (Fsp3) is 0.381. The van der Waals surface area contributed by atoms with Gasteiger partial charge in [-0.05, 0) is 36.1 Å². The highest BCUT2D eigenvalue weighted by Gasteiger charge is 2.40. The molecule has 1 saturated carbocycles. The van der Waals surface area contributed by atoms with E-state index in [1.54, 1.807) is 24.3 Å². The fourth-order valence-corrected chi connectivity index (χ4v) is 5.27. The molecule has 1 aliphatic rings. The van der Waals surface area contributed by atoms with E-state index in [0.717, 1.165) is 34.7 Å². The minimum absolute atomic E-state index is 0.00627. The number of benzene rings is 2. The normalized spacial score (nSPS) is 15.4. The average molecular weight is 448 g/mol. The van der Waals surface area contributed by atoms with E-state index in [1.165, 1.54) is 31.4 Å². The number of carboxylic acid groups (broad SMARTS) is 1. The van der Waals surface area contributed by atoms with Gasteiger partial charge in [-0.25, -0.2) is 8.42 Å². The van der Waals surface area contributed by atoms with E-state index in [-0.39, 0.29) is 29.1 Å². The van der Waals surface area contributed by atoms with E-state index in [0.29, 0.717) is 0 Å². The highest BCUT2D eigenvalue weighted by Crippen LogP contribution is 2.49. The van der Waals surface area contributed by atoms with Crippen LogP contribution in [0.1, 0.15) is 30.4 Å². The number of non-ortho nitro benzene ring substituents is 1. The van der Waals surface area contributed by atoms with E-state index in [4.69, 9.17) is 9.84 Å². The second kappa shape index (κ2) is 9.13. The maximum atomic E-state index is 12.9. The molecule has 0 amide bonds. The van der Waals surface area contributed by atoms with E-state index in [1.807, 2.05) is 0 Å². The molecule has 0 atom stereocenters. The van der Waals surface area contributed by atoms with Crippen molar-refractivity contribution in [2.24, 2.45) is 0 Å². The number of nitro benzene ring substituents is 1.